The van der Waals surface area contributed by atoms with Gasteiger partial charge in [-0.15, -0.1) is 0 Å². The molecule has 18 heavy (non-hydrogen) atoms. The van der Waals surface area contributed by atoms with Gasteiger partial charge in [-0.1, -0.05) is 23.7 Å². The fourth-order valence-corrected chi connectivity index (χ4v) is 1.85. The molecule has 4 heteroatoms. The van der Waals surface area contributed by atoms with Gasteiger partial charge >= 0.3 is 0 Å². The van der Waals surface area contributed by atoms with Gasteiger partial charge in [-0.2, -0.15) is 0 Å². The SMILES string of the molecule is Nc1ccc(Cl)cc1NCCc1ccc(F)cc1. The van der Waals surface area contributed by atoms with E-state index < -0.39 is 0 Å². The Morgan fingerprint density at radius 1 is 1.11 bits per heavy atom. The summed E-state index contributed by atoms with van der Waals surface area (Å²) >= 11 is 5.89. The first-order valence-corrected chi connectivity index (χ1v) is 6.06. The van der Waals surface area contributed by atoms with Gasteiger partial charge in [0.1, 0.15) is 5.82 Å². The van der Waals surface area contributed by atoms with Crippen molar-refractivity contribution >= 4 is 23.0 Å². The van der Waals surface area contributed by atoms with Crippen molar-refractivity contribution in [1.29, 1.82) is 0 Å². The third kappa shape index (κ3) is 3.37. The van der Waals surface area contributed by atoms with Crippen LogP contribution in [-0.2, 0) is 6.42 Å². The van der Waals surface area contributed by atoms with Crippen LogP contribution in [-0.4, -0.2) is 6.54 Å². The largest absolute Gasteiger partial charge is 0.397 e. The average molecular weight is 265 g/mol. The molecule has 0 radical (unpaired) electrons. The fourth-order valence-electron chi connectivity index (χ4n) is 1.67. The van der Waals surface area contributed by atoms with Gasteiger partial charge < -0.3 is 11.1 Å². The number of hydrogen-bond donors (Lipinski definition) is 2. The zero-order valence-corrected chi connectivity index (χ0v) is 10.5. The van der Waals surface area contributed by atoms with Crippen LogP contribution in [0.5, 0.6) is 0 Å². The first-order chi connectivity index (χ1) is 8.65. The predicted octanol–water partition coefficient (Wildman–Crippen LogP) is 3.72. The van der Waals surface area contributed by atoms with E-state index in [4.69, 9.17) is 17.3 Å². The molecule has 0 atom stereocenters. The van der Waals surface area contributed by atoms with E-state index in [1.165, 1.54) is 12.1 Å². The Balaban J connectivity index is 1.92. The van der Waals surface area contributed by atoms with Crippen molar-refractivity contribution in [2.45, 2.75) is 6.42 Å². The van der Waals surface area contributed by atoms with Gasteiger partial charge in [-0.25, -0.2) is 4.39 Å². The molecule has 0 spiro atoms. The summed E-state index contributed by atoms with van der Waals surface area (Å²) in [6.07, 6.45) is 0.798. The molecule has 0 saturated heterocycles. The molecule has 0 bridgehead atoms. The quantitative estimate of drug-likeness (QED) is 0.826. The first-order valence-electron chi connectivity index (χ1n) is 5.68. The molecule has 2 nitrogen and oxygen atoms in total. The minimum Gasteiger partial charge on any atom is -0.397 e. The second-order valence-electron chi connectivity index (χ2n) is 4.03. The summed E-state index contributed by atoms with van der Waals surface area (Å²) < 4.78 is 12.7. The number of hydrogen-bond acceptors (Lipinski definition) is 2. The van der Waals surface area contributed by atoms with E-state index in [0.717, 1.165) is 24.2 Å². The molecule has 94 valence electrons. The van der Waals surface area contributed by atoms with Gasteiger partial charge in [-0.3, -0.25) is 0 Å². The Bertz CT molecular complexity index is 526. The summed E-state index contributed by atoms with van der Waals surface area (Å²) in [4.78, 5) is 0. The van der Waals surface area contributed by atoms with Gasteiger partial charge in [0.05, 0.1) is 11.4 Å². The lowest BCUT2D eigenvalue weighted by Gasteiger charge is -2.09. The van der Waals surface area contributed by atoms with Crippen LogP contribution in [0.1, 0.15) is 5.56 Å². The maximum absolute atomic E-state index is 12.7. The number of benzene rings is 2. The van der Waals surface area contributed by atoms with Gasteiger partial charge in [0.2, 0.25) is 0 Å². The standard InChI is InChI=1S/C14H14ClFN2/c15-11-3-6-13(17)14(9-11)18-8-7-10-1-4-12(16)5-2-10/h1-6,9,18H,7-8,17H2. The summed E-state index contributed by atoms with van der Waals surface area (Å²) in [5.74, 6) is -0.217. The summed E-state index contributed by atoms with van der Waals surface area (Å²) in [6, 6.07) is 11.8. The monoisotopic (exact) mass is 264 g/mol. The van der Waals surface area contributed by atoms with E-state index in [0.29, 0.717) is 10.7 Å². The molecule has 0 fully saturated rings. The molecule has 0 aromatic heterocycles. The van der Waals surface area contributed by atoms with Crippen LogP contribution in [0.15, 0.2) is 42.5 Å². The fraction of sp³-hybridized carbons (Fsp3) is 0.143. The Morgan fingerprint density at radius 2 is 1.83 bits per heavy atom. The number of anilines is 2. The third-order valence-electron chi connectivity index (χ3n) is 2.66. The van der Waals surface area contributed by atoms with E-state index in [1.54, 1.807) is 30.3 Å². The minimum atomic E-state index is -0.217. The highest BCUT2D eigenvalue weighted by Gasteiger charge is 2.00. The van der Waals surface area contributed by atoms with E-state index in [9.17, 15) is 4.39 Å². The lowest BCUT2D eigenvalue weighted by molar-refractivity contribution is 0.627. The number of halogens is 2. The molecule has 0 unspecified atom stereocenters. The number of nitrogen functional groups attached to an aromatic ring is 1. The van der Waals surface area contributed by atoms with Crippen LogP contribution < -0.4 is 11.1 Å². The van der Waals surface area contributed by atoms with Gasteiger partial charge in [-0.05, 0) is 42.3 Å². The number of nitrogens with two attached hydrogens (primary N) is 1. The maximum atomic E-state index is 12.7. The molecule has 3 N–H and O–H groups in total. The summed E-state index contributed by atoms with van der Waals surface area (Å²) in [5, 5.41) is 3.86. The van der Waals surface area contributed by atoms with E-state index in [2.05, 4.69) is 5.32 Å². The smallest absolute Gasteiger partial charge is 0.123 e. The number of rotatable bonds is 4. The Morgan fingerprint density at radius 3 is 2.56 bits per heavy atom. The Hall–Kier alpha value is -1.74. The van der Waals surface area contributed by atoms with Crippen molar-refractivity contribution < 1.29 is 4.39 Å². The minimum absolute atomic E-state index is 0.217. The zero-order valence-electron chi connectivity index (χ0n) is 9.79. The van der Waals surface area contributed by atoms with Crippen molar-refractivity contribution in [3.63, 3.8) is 0 Å². The lowest BCUT2D eigenvalue weighted by atomic mass is 10.1. The van der Waals surface area contributed by atoms with Crippen LogP contribution in [0.2, 0.25) is 5.02 Å². The molecular formula is C14H14ClFN2. The summed E-state index contributed by atoms with van der Waals surface area (Å²) in [7, 11) is 0. The van der Waals surface area contributed by atoms with E-state index in [1.807, 2.05) is 0 Å². The highest BCUT2D eigenvalue weighted by atomic mass is 35.5. The van der Waals surface area contributed by atoms with Gasteiger partial charge in [0, 0.05) is 11.6 Å². The molecule has 2 aromatic carbocycles. The number of nitrogens with one attached hydrogen (secondary N) is 1. The highest BCUT2D eigenvalue weighted by molar-refractivity contribution is 6.31. The average Bonchev–Trinajstić information content (AvgIpc) is 2.36. The lowest BCUT2D eigenvalue weighted by Crippen LogP contribution is -2.06. The molecule has 2 rings (SSSR count). The van der Waals surface area contributed by atoms with Crippen LogP contribution in [0.3, 0.4) is 0 Å². The summed E-state index contributed by atoms with van der Waals surface area (Å²) in [5.41, 5.74) is 8.38. The van der Waals surface area contributed by atoms with E-state index in [-0.39, 0.29) is 5.82 Å². The van der Waals surface area contributed by atoms with Crippen LogP contribution in [0.25, 0.3) is 0 Å². The second kappa shape index (κ2) is 5.74. The molecule has 0 aliphatic carbocycles. The molecule has 2 aromatic rings. The van der Waals surface area contributed by atoms with Crippen molar-refractivity contribution in [1.82, 2.24) is 0 Å². The van der Waals surface area contributed by atoms with Crippen molar-refractivity contribution in [3.8, 4) is 0 Å². The normalized spacial score (nSPS) is 10.3. The summed E-state index contributed by atoms with van der Waals surface area (Å²) in [6.45, 7) is 0.718. The van der Waals surface area contributed by atoms with E-state index >= 15 is 0 Å². The molecule has 0 aliphatic heterocycles. The van der Waals surface area contributed by atoms with Gasteiger partial charge in [0.25, 0.3) is 0 Å². The maximum Gasteiger partial charge on any atom is 0.123 e. The third-order valence-corrected chi connectivity index (χ3v) is 2.89. The second-order valence-corrected chi connectivity index (χ2v) is 4.47. The van der Waals surface area contributed by atoms with Crippen molar-refractivity contribution in [2.75, 3.05) is 17.6 Å². The molecule has 0 saturated carbocycles. The van der Waals surface area contributed by atoms with Crippen LogP contribution in [0, 0.1) is 5.82 Å². The molecular weight excluding hydrogens is 251 g/mol. The molecule has 0 aliphatic rings. The zero-order chi connectivity index (χ0) is 13.0. The van der Waals surface area contributed by atoms with Crippen LogP contribution in [0.4, 0.5) is 15.8 Å². The predicted molar refractivity (Wildman–Crippen MR) is 74.5 cm³/mol. The Labute approximate surface area is 111 Å². The van der Waals surface area contributed by atoms with Crippen molar-refractivity contribution in [3.05, 3.63) is 58.9 Å². The van der Waals surface area contributed by atoms with Crippen molar-refractivity contribution in [2.24, 2.45) is 0 Å². The van der Waals surface area contributed by atoms with Gasteiger partial charge in [0.15, 0.2) is 0 Å². The topological polar surface area (TPSA) is 38.0 Å². The molecule has 0 heterocycles. The first kappa shape index (κ1) is 12.7. The Kier molecular flexibility index (Phi) is 4.05. The molecule has 0 amide bonds. The van der Waals surface area contributed by atoms with Crippen LogP contribution >= 0.6 is 11.6 Å². The highest BCUT2D eigenvalue weighted by Crippen LogP contribution is 2.22.